The highest BCUT2D eigenvalue weighted by atomic mass is 19.3. The van der Waals surface area contributed by atoms with Gasteiger partial charge in [0, 0.05) is 42.0 Å². The van der Waals surface area contributed by atoms with Crippen LogP contribution in [0.2, 0.25) is 0 Å². The molecular formula is C27H31F2N5O2. The maximum atomic E-state index is 12.5. The van der Waals surface area contributed by atoms with E-state index in [0.29, 0.717) is 28.4 Å². The molecule has 0 spiro atoms. The molecule has 2 aliphatic rings. The lowest BCUT2D eigenvalue weighted by Gasteiger charge is -2.55. The van der Waals surface area contributed by atoms with Crippen LogP contribution in [0.4, 0.5) is 14.6 Å². The van der Waals surface area contributed by atoms with Crippen LogP contribution < -0.4 is 15.0 Å². The maximum absolute atomic E-state index is 12.5. The van der Waals surface area contributed by atoms with Crippen LogP contribution in [-0.2, 0) is 0 Å². The summed E-state index contributed by atoms with van der Waals surface area (Å²) >= 11 is 0. The van der Waals surface area contributed by atoms with Crippen molar-refractivity contribution in [3.8, 4) is 34.0 Å². The molecule has 0 saturated carbocycles. The molecule has 36 heavy (non-hydrogen) atoms. The smallest absolute Gasteiger partial charge is 0.388 e. The Bertz CT molecular complexity index is 1220. The van der Waals surface area contributed by atoms with Gasteiger partial charge in [-0.05, 0) is 87.4 Å². The number of nitrogens with one attached hydrogen (secondary N) is 1. The van der Waals surface area contributed by atoms with Crippen LogP contribution in [0.15, 0.2) is 48.7 Å². The summed E-state index contributed by atoms with van der Waals surface area (Å²) in [5.41, 5.74) is 2.61. The zero-order valence-corrected chi connectivity index (χ0v) is 20.7. The highest BCUT2D eigenvalue weighted by Crippen LogP contribution is 2.42. The molecule has 2 aliphatic heterocycles. The first-order valence-electron chi connectivity index (χ1n) is 12.2. The summed E-state index contributed by atoms with van der Waals surface area (Å²) in [5.74, 6) is 0.635. The Labute approximate surface area is 209 Å². The Balaban J connectivity index is 1.33. The van der Waals surface area contributed by atoms with Gasteiger partial charge < -0.3 is 20.1 Å². The standard InChI is InChI=1S/C27H31F2N5O2/c1-26-10-4-11-27(2,33-26)16-19(15-26)34(3)23-8-7-21(31-32-23)20-6-5-17(13-22(20)35)18-9-12-30-24(14-18)36-25(28)29/h5-9,12-14,19,25,33,35H,4,10-11,15-16H2,1-3H3/t19-,26-,27+. The van der Waals surface area contributed by atoms with E-state index in [4.69, 9.17) is 0 Å². The number of nitrogens with zero attached hydrogens (tertiary/aromatic N) is 4. The zero-order chi connectivity index (χ0) is 25.5. The molecular weight excluding hydrogens is 464 g/mol. The molecule has 4 heterocycles. The average Bonchev–Trinajstić information content (AvgIpc) is 2.82. The van der Waals surface area contributed by atoms with Crippen molar-refractivity contribution in [1.29, 1.82) is 0 Å². The van der Waals surface area contributed by atoms with Crippen LogP contribution in [0, 0.1) is 0 Å². The number of phenolic OH excluding ortho intramolecular Hbond substituents is 1. The Morgan fingerprint density at radius 2 is 1.75 bits per heavy atom. The molecule has 0 unspecified atom stereocenters. The SMILES string of the molecule is CN(c1ccc(-c2ccc(-c3ccnc(OC(F)F)c3)cc2O)nn1)[C@H]1C[C@]2(C)CCC[C@](C)(C1)N2. The van der Waals surface area contributed by atoms with Crippen molar-refractivity contribution in [3.05, 3.63) is 48.7 Å². The predicted molar refractivity (Wildman–Crippen MR) is 134 cm³/mol. The first-order chi connectivity index (χ1) is 17.1. The zero-order valence-electron chi connectivity index (χ0n) is 20.7. The van der Waals surface area contributed by atoms with E-state index in [0.717, 1.165) is 18.7 Å². The minimum atomic E-state index is -2.95. The lowest BCUT2D eigenvalue weighted by Crippen LogP contribution is -2.66. The van der Waals surface area contributed by atoms with Gasteiger partial charge in [-0.1, -0.05) is 6.07 Å². The Morgan fingerprint density at radius 1 is 1.03 bits per heavy atom. The van der Waals surface area contributed by atoms with Crippen molar-refractivity contribution in [3.63, 3.8) is 0 Å². The summed E-state index contributed by atoms with van der Waals surface area (Å²) in [6.07, 6.45) is 7.14. The van der Waals surface area contributed by atoms with Crippen LogP contribution in [0.1, 0.15) is 46.0 Å². The van der Waals surface area contributed by atoms with Gasteiger partial charge >= 0.3 is 6.61 Å². The van der Waals surface area contributed by atoms with Gasteiger partial charge in [-0.3, -0.25) is 0 Å². The van der Waals surface area contributed by atoms with Crippen LogP contribution >= 0.6 is 0 Å². The summed E-state index contributed by atoms with van der Waals surface area (Å²) in [6, 6.07) is 12.3. The highest BCUT2D eigenvalue weighted by Gasteiger charge is 2.46. The second-order valence-corrected chi connectivity index (χ2v) is 10.5. The molecule has 7 nitrogen and oxygen atoms in total. The van der Waals surface area contributed by atoms with Crippen molar-refractivity contribution < 1.29 is 18.6 Å². The molecule has 2 saturated heterocycles. The molecule has 2 bridgehead atoms. The third-order valence-electron chi connectivity index (χ3n) is 7.54. The van der Waals surface area contributed by atoms with Gasteiger partial charge in [-0.25, -0.2) is 4.98 Å². The van der Waals surface area contributed by atoms with Crippen molar-refractivity contribution in [1.82, 2.24) is 20.5 Å². The third kappa shape index (κ3) is 4.97. The molecule has 3 atom stereocenters. The van der Waals surface area contributed by atoms with E-state index in [1.807, 2.05) is 12.1 Å². The predicted octanol–water partition coefficient (Wildman–Crippen LogP) is 5.40. The van der Waals surface area contributed by atoms with Gasteiger partial charge in [0.05, 0.1) is 5.69 Å². The van der Waals surface area contributed by atoms with E-state index in [-0.39, 0.29) is 22.7 Å². The monoisotopic (exact) mass is 495 g/mol. The van der Waals surface area contributed by atoms with E-state index < -0.39 is 6.61 Å². The largest absolute Gasteiger partial charge is 0.507 e. The van der Waals surface area contributed by atoms with E-state index in [2.05, 4.69) is 51.0 Å². The Morgan fingerprint density at radius 3 is 2.39 bits per heavy atom. The number of piperidine rings is 2. The summed E-state index contributed by atoms with van der Waals surface area (Å²) in [7, 11) is 2.08. The maximum Gasteiger partial charge on any atom is 0.388 e. The normalized spacial score (nSPS) is 25.6. The summed E-state index contributed by atoms with van der Waals surface area (Å²) < 4.78 is 29.4. The number of hydrogen-bond acceptors (Lipinski definition) is 7. The van der Waals surface area contributed by atoms with Gasteiger partial charge in [-0.2, -0.15) is 8.78 Å². The van der Waals surface area contributed by atoms with Crippen LogP contribution in [0.3, 0.4) is 0 Å². The van der Waals surface area contributed by atoms with E-state index >= 15 is 0 Å². The molecule has 2 fully saturated rings. The number of aromatic hydroxyl groups is 1. The fourth-order valence-corrected chi connectivity index (χ4v) is 5.93. The number of halogens is 2. The van der Waals surface area contributed by atoms with Gasteiger partial charge in [0.1, 0.15) is 5.75 Å². The summed E-state index contributed by atoms with van der Waals surface area (Å²) in [6.45, 7) is 1.69. The molecule has 2 aromatic heterocycles. The summed E-state index contributed by atoms with van der Waals surface area (Å²) in [4.78, 5) is 6.01. The Hall–Kier alpha value is -3.33. The lowest BCUT2D eigenvalue weighted by atomic mass is 9.69. The number of anilines is 1. The molecule has 3 aromatic rings. The molecule has 0 aliphatic carbocycles. The van der Waals surface area contributed by atoms with Crippen LogP contribution in [0.5, 0.6) is 11.6 Å². The number of rotatable bonds is 6. The average molecular weight is 496 g/mol. The molecule has 1 aromatic carbocycles. The fraction of sp³-hybridized carbons (Fsp3) is 0.444. The first kappa shape index (κ1) is 24.4. The molecule has 9 heteroatoms. The number of alkyl halides is 2. The third-order valence-corrected chi connectivity index (χ3v) is 7.54. The second-order valence-electron chi connectivity index (χ2n) is 10.5. The number of aromatic nitrogens is 3. The minimum Gasteiger partial charge on any atom is -0.507 e. The van der Waals surface area contributed by atoms with Crippen LogP contribution in [-0.4, -0.2) is 51.1 Å². The fourth-order valence-electron chi connectivity index (χ4n) is 5.93. The second kappa shape index (κ2) is 9.28. The van der Waals surface area contributed by atoms with Crippen LogP contribution in [0.25, 0.3) is 22.4 Å². The van der Waals surface area contributed by atoms with Gasteiger partial charge in [0.2, 0.25) is 5.88 Å². The topological polar surface area (TPSA) is 83.4 Å². The number of ether oxygens (including phenoxy) is 1. The number of benzene rings is 1. The number of hydrogen-bond donors (Lipinski definition) is 2. The first-order valence-corrected chi connectivity index (χ1v) is 12.2. The van der Waals surface area contributed by atoms with Gasteiger partial charge in [0.15, 0.2) is 5.82 Å². The lowest BCUT2D eigenvalue weighted by molar-refractivity contribution is -0.0528. The molecule has 5 rings (SSSR count). The van der Waals surface area contributed by atoms with Gasteiger partial charge in [-0.15, -0.1) is 10.2 Å². The van der Waals surface area contributed by atoms with Crippen molar-refractivity contribution in [2.24, 2.45) is 0 Å². The van der Waals surface area contributed by atoms with E-state index in [1.165, 1.54) is 31.5 Å². The molecule has 2 N–H and O–H groups in total. The molecule has 190 valence electrons. The van der Waals surface area contributed by atoms with E-state index in [1.54, 1.807) is 24.3 Å². The van der Waals surface area contributed by atoms with Crippen molar-refractivity contribution in [2.45, 2.75) is 69.7 Å². The Kier molecular flexibility index (Phi) is 6.28. The van der Waals surface area contributed by atoms with Crippen molar-refractivity contribution >= 4 is 5.82 Å². The quantitative estimate of drug-likeness (QED) is 0.474. The highest BCUT2D eigenvalue weighted by molar-refractivity contribution is 5.74. The van der Waals surface area contributed by atoms with E-state index in [9.17, 15) is 13.9 Å². The minimum absolute atomic E-state index is 0.0167. The summed E-state index contributed by atoms with van der Waals surface area (Å²) in [5, 5.41) is 23.5. The van der Waals surface area contributed by atoms with Gasteiger partial charge in [0.25, 0.3) is 0 Å². The number of phenols is 1. The molecule has 0 radical (unpaired) electrons. The number of pyridine rings is 1. The number of fused-ring (bicyclic) bond motifs is 2. The molecule has 0 amide bonds. The van der Waals surface area contributed by atoms with Crippen molar-refractivity contribution in [2.75, 3.05) is 11.9 Å².